The second-order valence-electron chi connectivity index (χ2n) is 9.21. The summed E-state index contributed by atoms with van der Waals surface area (Å²) in [5.41, 5.74) is 4.68. The lowest BCUT2D eigenvalue weighted by atomic mass is 9.98. The minimum Gasteiger partial charge on any atom is -0.481 e. The van der Waals surface area contributed by atoms with Crippen LogP contribution in [0.2, 0.25) is 0 Å². The molecule has 2 N–H and O–H groups in total. The average Bonchev–Trinajstić information content (AvgIpc) is 3.46. The van der Waals surface area contributed by atoms with Crippen molar-refractivity contribution in [3.63, 3.8) is 0 Å². The van der Waals surface area contributed by atoms with Crippen LogP contribution >= 0.6 is 0 Å². The second kappa shape index (κ2) is 11.4. The molecule has 1 aliphatic carbocycles. The smallest absolute Gasteiger partial charge is 0.407 e. The largest absolute Gasteiger partial charge is 0.481 e. The minimum atomic E-state index is -0.824. The number of unbranched alkanes of at least 4 members (excludes halogenated alkanes) is 1. The first-order valence-electron chi connectivity index (χ1n) is 12.1. The molecule has 2 unspecified atom stereocenters. The van der Waals surface area contributed by atoms with E-state index in [1.54, 1.807) is 11.9 Å². The average molecular weight is 481 g/mol. The van der Waals surface area contributed by atoms with Gasteiger partial charge in [0.15, 0.2) is 0 Å². The van der Waals surface area contributed by atoms with Crippen molar-refractivity contribution in [3.05, 3.63) is 59.7 Å². The molecule has 2 aromatic rings. The highest BCUT2D eigenvalue weighted by molar-refractivity contribution is 5.79. The van der Waals surface area contributed by atoms with E-state index < -0.39 is 12.1 Å². The highest BCUT2D eigenvalue weighted by Gasteiger charge is 2.33. The summed E-state index contributed by atoms with van der Waals surface area (Å²) in [7, 11) is 1.73. The van der Waals surface area contributed by atoms with Crippen LogP contribution in [0.1, 0.15) is 42.7 Å². The van der Waals surface area contributed by atoms with Crippen molar-refractivity contribution in [2.45, 2.75) is 37.7 Å². The fraction of sp³-hybridized carbons (Fsp3) is 0.444. The molecule has 0 spiro atoms. The summed E-state index contributed by atoms with van der Waals surface area (Å²) in [6, 6.07) is 16.4. The van der Waals surface area contributed by atoms with Crippen LogP contribution in [-0.4, -0.2) is 67.4 Å². The Morgan fingerprint density at radius 2 is 1.71 bits per heavy atom. The van der Waals surface area contributed by atoms with Crippen molar-refractivity contribution in [1.29, 1.82) is 0 Å². The molecule has 0 radical (unpaired) electrons. The summed E-state index contributed by atoms with van der Waals surface area (Å²) >= 11 is 0. The molecule has 2 amide bonds. The number of ether oxygens (including phenoxy) is 2. The third kappa shape index (κ3) is 6.00. The normalized spacial score (nSPS) is 18.5. The van der Waals surface area contributed by atoms with Crippen molar-refractivity contribution in [3.8, 4) is 11.1 Å². The molecule has 2 aromatic carbocycles. The maximum atomic E-state index is 12.6. The number of hydrogen-bond acceptors (Lipinski definition) is 5. The summed E-state index contributed by atoms with van der Waals surface area (Å²) in [6.45, 7) is 1.36. The molecule has 2 aliphatic rings. The molecule has 1 aliphatic heterocycles. The number of nitrogens with one attached hydrogen (secondary N) is 1. The third-order valence-electron chi connectivity index (χ3n) is 6.76. The van der Waals surface area contributed by atoms with Gasteiger partial charge >= 0.3 is 12.1 Å². The first-order chi connectivity index (χ1) is 16.9. The number of alkyl carbamates (subject to hydrolysis) is 1. The number of benzene rings is 2. The van der Waals surface area contributed by atoms with Crippen LogP contribution in [0.3, 0.4) is 0 Å². The Balaban J connectivity index is 1.20. The molecule has 186 valence electrons. The van der Waals surface area contributed by atoms with E-state index in [9.17, 15) is 14.4 Å². The molecular formula is C27H32N2O6. The van der Waals surface area contributed by atoms with Gasteiger partial charge in [-0.3, -0.25) is 9.59 Å². The van der Waals surface area contributed by atoms with E-state index in [0.717, 1.165) is 11.1 Å². The van der Waals surface area contributed by atoms with Gasteiger partial charge in [-0.25, -0.2) is 4.79 Å². The maximum absolute atomic E-state index is 12.6. The van der Waals surface area contributed by atoms with Crippen LogP contribution < -0.4 is 5.32 Å². The number of amides is 2. The summed E-state index contributed by atoms with van der Waals surface area (Å²) in [4.78, 5) is 37.3. The highest BCUT2D eigenvalue weighted by atomic mass is 16.5. The van der Waals surface area contributed by atoms with Gasteiger partial charge < -0.3 is 24.8 Å². The van der Waals surface area contributed by atoms with Crippen molar-refractivity contribution in [1.82, 2.24) is 10.2 Å². The van der Waals surface area contributed by atoms with E-state index in [-0.39, 0.29) is 43.4 Å². The first kappa shape index (κ1) is 24.7. The van der Waals surface area contributed by atoms with Gasteiger partial charge in [0.25, 0.3) is 0 Å². The molecule has 0 saturated carbocycles. The second-order valence-corrected chi connectivity index (χ2v) is 9.21. The molecular weight excluding hydrogens is 448 g/mol. The lowest BCUT2D eigenvalue weighted by Crippen LogP contribution is -2.35. The number of aliphatic carboxylic acids is 1. The van der Waals surface area contributed by atoms with Crippen molar-refractivity contribution < 1.29 is 29.0 Å². The van der Waals surface area contributed by atoms with Crippen LogP contribution in [0.15, 0.2) is 48.5 Å². The molecule has 4 rings (SSSR count). The number of carbonyl (C=O) groups is 3. The highest BCUT2D eigenvalue weighted by Crippen LogP contribution is 2.44. The lowest BCUT2D eigenvalue weighted by molar-refractivity contribution is -0.137. The van der Waals surface area contributed by atoms with E-state index in [1.807, 2.05) is 24.3 Å². The predicted molar refractivity (Wildman–Crippen MR) is 130 cm³/mol. The number of carboxylic acid groups (broad SMARTS) is 1. The Hall–Kier alpha value is -3.39. The molecule has 1 saturated heterocycles. The monoisotopic (exact) mass is 480 g/mol. The van der Waals surface area contributed by atoms with Crippen LogP contribution in [-0.2, 0) is 19.1 Å². The van der Waals surface area contributed by atoms with Gasteiger partial charge in [0.2, 0.25) is 5.91 Å². The molecule has 1 fully saturated rings. The van der Waals surface area contributed by atoms with Crippen molar-refractivity contribution in [2.75, 3.05) is 33.4 Å². The van der Waals surface area contributed by atoms with Gasteiger partial charge in [0.1, 0.15) is 6.61 Å². The van der Waals surface area contributed by atoms with E-state index in [0.29, 0.717) is 32.4 Å². The third-order valence-corrected chi connectivity index (χ3v) is 6.76. The number of carboxylic acids is 1. The zero-order valence-electron chi connectivity index (χ0n) is 19.9. The molecule has 0 bridgehead atoms. The summed E-state index contributed by atoms with van der Waals surface area (Å²) < 4.78 is 11.3. The number of nitrogens with zero attached hydrogens (tertiary/aromatic N) is 1. The molecule has 1 heterocycles. The van der Waals surface area contributed by atoms with Crippen LogP contribution in [0, 0.1) is 5.92 Å². The van der Waals surface area contributed by atoms with E-state index in [1.165, 1.54) is 11.1 Å². The zero-order valence-corrected chi connectivity index (χ0v) is 19.9. The summed E-state index contributed by atoms with van der Waals surface area (Å²) in [5, 5.41) is 11.5. The van der Waals surface area contributed by atoms with Gasteiger partial charge in [-0.2, -0.15) is 0 Å². The quantitative estimate of drug-likeness (QED) is 0.503. The van der Waals surface area contributed by atoms with Gasteiger partial charge in [0, 0.05) is 32.5 Å². The van der Waals surface area contributed by atoms with Crippen LogP contribution in [0.4, 0.5) is 4.79 Å². The Labute approximate surface area is 205 Å². The molecule has 2 atom stereocenters. The van der Waals surface area contributed by atoms with Gasteiger partial charge in [0.05, 0.1) is 18.6 Å². The van der Waals surface area contributed by atoms with Gasteiger partial charge in [-0.1, -0.05) is 48.5 Å². The van der Waals surface area contributed by atoms with E-state index in [2.05, 4.69) is 29.6 Å². The molecule has 0 aromatic heterocycles. The van der Waals surface area contributed by atoms with Crippen LogP contribution in [0.5, 0.6) is 0 Å². The SMILES string of the molecule is CN(CCCCC(=O)O)C(=O)C1COC(CNC(=O)OCC2c3ccccc3-c3ccccc32)C1. The minimum absolute atomic E-state index is 0.00363. The lowest BCUT2D eigenvalue weighted by Gasteiger charge is -2.20. The molecule has 8 heteroatoms. The maximum Gasteiger partial charge on any atom is 0.407 e. The Bertz CT molecular complexity index is 1030. The van der Waals surface area contributed by atoms with Gasteiger partial charge in [-0.15, -0.1) is 0 Å². The predicted octanol–water partition coefficient (Wildman–Crippen LogP) is 3.64. The molecule has 35 heavy (non-hydrogen) atoms. The van der Waals surface area contributed by atoms with Crippen molar-refractivity contribution >= 4 is 18.0 Å². The Kier molecular flexibility index (Phi) is 8.02. The molecule has 8 nitrogen and oxygen atoms in total. The van der Waals surface area contributed by atoms with Gasteiger partial charge in [-0.05, 0) is 41.5 Å². The van der Waals surface area contributed by atoms with E-state index in [4.69, 9.17) is 14.6 Å². The number of rotatable bonds is 10. The Morgan fingerprint density at radius 1 is 1.06 bits per heavy atom. The standard InChI is InChI=1S/C27H32N2O6/c1-29(13-7-6-12-25(30)31)26(32)18-14-19(34-16-18)15-28-27(33)35-17-24-22-10-4-2-8-20(22)21-9-3-5-11-23(21)24/h2-5,8-11,18-19,24H,6-7,12-17H2,1H3,(H,28,33)(H,30,31). The van der Waals surface area contributed by atoms with Crippen molar-refractivity contribution in [2.24, 2.45) is 5.92 Å². The summed E-state index contributed by atoms with van der Waals surface area (Å²) in [6.07, 6.45) is 1.08. The topological polar surface area (TPSA) is 105 Å². The number of hydrogen-bond donors (Lipinski definition) is 2. The Morgan fingerprint density at radius 3 is 2.37 bits per heavy atom. The first-order valence-corrected chi connectivity index (χ1v) is 12.1. The van der Waals surface area contributed by atoms with Crippen LogP contribution in [0.25, 0.3) is 11.1 Å². The number of carbonyl (C=O) groups excluding carboxylic acids is 2. The summed E-state index contributed by atoms with van der Waals surface area (Å²) in [5.74, 6) is -1.09. The number of fused-ring (bicyclic) bond motifs is 3. The fourth-order valence-electron chi connectivity index (χ4n) is 4.91. The fourth-order valence-corrected chi connectivity index (χ4v) is 4.91. The zero-order chi connectivity index (χ0) is 24.8. The van der Waals surface area contributed by atoms with E-state index >= 15 is 0 Å².